The third-order valence-electron chi connectivity index (χ3n) is 2.85. The lowest BCUT2D eigenvalue weighted by Gasteiger charge is -2.16. The molecule has 0 saturated heterocycles. The van der Waals surface area contributed by atoms with Crippen LogP contribution in [-0.4, -0.2) is 21.3 Å². The maximum atomic E-state index is 12.4. The van der Waals surface area contributed by atoms with Gasteiger partial charge in [0.15, 0.2) is 0 Å². The first-order valence-electron chi connectivity index (χ1n) is 5.43. The minimum atomic E-state index is -5.11. The second-order valence-corrected chi connectivity index (χ2v) is 4.20. The number of aromatic nitrogens is 3. The highest BCUT2D eigenvalue weighted by molar-refractivity contribution is 6.66. The monoisotopic (exact) mass is 246 g/mol. The molecule has 17 heavy (non-hydrogen) atoms. The van der Waals surface area contributed by atoms with Crippen LogP contribution < -0.4 is 5.69 Å². The molecule has 2 rings (SSSR count). The van der Waals surface area contributed by atoms with E-state index in [1.807, 2.05) is 0 Å². The second kappa shape index (κ2) is 4.08. The first-order chi connectivity index (χ1) is 7.89. The second-order valence-electron chi connectivity index (χ2n) is 4.20. The van der Waals surface area contributed by atoms with Crippen molar-refractivity contribution in [3.63, 3.8) is 0 Å². The smallest absolute Gasteiger partial charge is 0.445 e. The van der Waals surface area contributed by atoms with Crippen LogP contribution in [0.15, 0.2) is 16.8 Å². The van der Waals surface area contributed by atoms with E-state index in [9.17, 15) is 17.7 Å². The summed E-state index contributed by atoms with van der Waals surface area (Å²) in [6.07, 6.45) is 2.43. The van der Waals surface area contributed by atoms with Crippen LogP contribution >= 0.6 is 0 Å². The van der Waals surface area contributed by atoms with Crippen molar-refractivity contribution in [3.05, 3.63) is 28.4 Å². The average Bonchev–Trinajstić information content (AvgIpc) is 2.55. The largest absolute Gasteiger partial charge is 0.506 e. The summed E-state index contributed by atoms with van der Waals surface area (Å²) in [6, 6.07) is 0. The predicted octanol–water partition coefficient (Wildman–Crippen LogP) is 1.32. The predicted molar refractivity (Wildman–Crippen MR) is 57.6 cm³/mol. The summed E-state index contributed by atoms with van der Waals surface area (Å²) in [5.41, 5.74) is -1.37. The molecule has 0 atom stereocenters. The van der Waals surface area contributed by atoms with Gasteiger partial charge in [0.2, 0.25) is 0 Å². The molecule has 4 nitrogen and oxygen atoms in total. The van der Waals surface area contributed by atoms with Crippen molar-refractivity contribution in [2.75, 3.05) is 0 Å². The van der Waals surface area contributed by atoms with E-state index in [4.69, 9.17) is 0 Å². The molecule has 1 aliphatic rings. The van der Waals surface area contributed by atoms with Gasteiger partial charge in [-0.15, -0.1) is 12.1 Å². The fraction of sp³-hybridized carbons (Fsp3) is 0.556. The minimum Gasteiger partial charge on any atom is -0.445 e. The number of allylic oxidation sites excluding steroid dienone is 1. The van der Waals surface area contributed by atoms with Gasteiger partial charge in [0.1, 0.15) is 5.82 Å². The molecule has 0 bridgehead atoms. The number of fused-ring (bicyclic) bond motifs is 1. The van der Waals surface area contributed by atoms with E-state index in [0.29, 0.717) is 18.8 Å². The molecular weight excluding hydrogens is 234 g/mol. The molecule has 0 unspecified atom stereocenters. The summed E-state index contributed by atoms with van der Waals surface area (Å²) < 4.78 is 39.4. The lowest BCUT2D eigenvalue weighted by atomic mass is 9.80. The molecule has 1 aromatic heterocycles. The molecule has 0 radical (unpaired) electrons. The zero-order valence-corrected chi connectivity index (χ0v) is 9.20. The maximum Gasteiger partial charge on any atom is 0.506 e. The van der Waals surface area contributed by atoms with E-state index < -0.39 is 24.7 Å². The van der Waals surface area contributed by atoms with Gasteiger partial charge in [-0.05, 0) is 12.8 Å². The summed E-state index contributed by atoms with van der Waals surface area (Å²) in [6.45, 7) is -2.18. The Balaban J connectivity index is 2.26. The summed E-state index contributed by atoms with van der Waals surface area (Å²) in [4.78, 5) is 11.7. The number of hydrogen-bond donors (Lipinski definition) is 0. The standard InChI is InChI=1S/C9H12BF3N3O/c1-7(10(11,12)13)6-16-9(17)15-5-3-2-4-8(15)14-16/h1-6H2/q-1. The van der Waals surface area contributed by atoms with E-state index in [1.165, 1.54) is 4.57 Å². The van der Waals surface area contributed by atoms with Gasteiger partial charge in [0.25, 0.3) is 0 Å². The summed E-state index contributed by atoms with van der Waals surface area (Å²) >= 11 is 0. The van der Waals surface area contributed by atoms with Crippen molar-refractivity contribution in [2.45, 2.75) is 32.4 Å². The van der Waals surface area contributed by atoms with Crippen molar-refractivity contribution >= 4 is 6.98 Å². The van der Waals surface area contributed by atoms with E-state index in [1.54, 1.807) is 0 Å². The van der Waals surface area contributed by atoms with Gasteiger partial charge in [0.05, 0.1) is 0 Å². The van der Waals surface area contributed by atoms with Crippen LogP contribution in [-0.2, 0) is 19.5 Å². The number of rotatable bonds is 3. The first-order valence-corrected chi connectivity index (χ1v) is 5.43. The zero-order chi connectivity index (χ0) is 12.6. The van der Waals surface area contributed by atoms with Crippen molar-refractivity contribution < 1.29 is 12.9 Å². The van der Waals surface area contributed by atoms with Crippen LogP contribution in [0.4, 0.5) is 12.9 Å². The molecule has 2 heterocycles. The van der Waals surface area contributed by atoms with Crippen LogP contribution in [0.2, 0.25) is 0 Å². The average molecular weight is 246 g/mol. The van der Waals surface area contributed by atoms with E-state index in [-0.39, 0.29) is 0 Å². The van der Waals surface area contributed by atoms with Gasteiger partial charge < -0.3 is 12.9 Å². The van der Waals surface area contributed by atoms with Gasteiger partial charge in [0, 0.05) is 19.5 Å². The molecular formula is C9H12BF3N3O-. The molecule has 94 valence electrons. The van der Waals surface area contributed by atoms with Crippen molar-refractivity contribution in [3.8, 4) is 0 Å². The third-order valence-corrected chi connectivity index (χ3v) is 2.85. The Morgan fingerprint density at radius 1 is 1.41 bits per heavy atom. The summed E-state index contributed by atoms with van der Waals surface area (Å²) in [7, 11) is 0. The van der Waals surface area contributed by atoms with E-state index in [2.05, 4.69) is 11.7 Å². The van der Waals surface area contributed by atoms with Crippen molar-refractivity contribution in [1.29, 1.82) is 0 Å². The summed E-state index contributed by atoms with van der Waals surface area (Å²) in [5, 5.41) is 3.92. The molecule has 0 aliphatic carbocycles. The molecule has 0 fully saturated rings. The van der Waals surface area contributed by atoms with E-state index >= 15 is 0 Å². The normalized spacial score (nSPS) is 15.7. The van der Waals surface area contributed by atoms with Gasteiger partial charge in [-0.3, -0.25) is 4.57 Å². The zero-order valence-electron chi connectivity index (χ0n) is 9.20. The van der Waals surface area contributed by atoms with Gasteiger partial charge >= 0.3 is 12.7 Å². The molecule has 0 aromatic carbocycles. The van der Waals surface area contributed by atoms with Gasteiger partial charge in [-0.1, -0.05) is 0 Å². The van der Waals surface area contributed by atoms with Crippen LogP contribution in [0.1, 0.15) is 18.7 Å². The topological polar surface area (TPSA) is 39.8 Å². The third kappa shape index (κ3) is 2.30. The maximum absolute atomic E-state index is 12.4. The molecule has 0 N–H and O–H groups in total. The van der Waals surface area contributed by atoms with Crippen LogP contribution in [0, 0.1) is 0 Å². The van der Waals surface area contributed by atoms with Crippen LogP contribution in [0.5, 0.6) is 0 Å². The highest BCUT2D eigenvalue weighted by Crippen LogP contribution is 2.19. The number of aryl methyl sites for hydroxylation is 1. The molecule has 0 saturated carbocycles. The van der Waals surface area contributed by atoms with E-state index in [0.717, 1.165) is 17.5 Å². The van der Waals surface area contributed by atoms with Crippen LogP contribution in [0.3, 0.4) is 0 Å². The minimum absolute atomic E-state index is 0.471. The molecule has 0 spiro atoms. The SMILES string of the molecule is C=C(Cn1nc2n(c1=O)CCCC2)[B-](F)(F)F. The summed E-state index contributed by atoms with van der Waals surface area (Å²) in [5.74, 6) is 0.573. The quantitative estimate of drug-likeness (QED) is 0.754. The van der Waals surface area contributed by atoms with Crippen molar-refractivity contribution in [2.24, 2.45) is 0 Å². The fourth-order valence-electron chi connectivity index (χ4n) is 1.85. The Bertz CT molecular complexity index is 503. The molecule has 8 heteroatoms. The highest BCUT2D eigenvalue weighted by Gasteiger charge is 2.28. The Hall–Kier alpha value is -1.47. The van der Waals surface area contributed by atoms with Crippen LogP contribution in [0.25, 0.3) is 0 Å². The highest BCUT2D eigenvalue weighted by atomic mass is 19.4. The molecule has 0 amide bonds. The fourth-order valence-corrected chi connectivity index (χ4v) is 1.85. The Labute approximate surface area is 95.8 Å². The number of nitrogens with zero attached hydrogens (tertiary/aromatic N) is 3. The Kier molecular flexibility index (Phi) is 2.88. The van der Waals surface area contributed by atoms with Gasteiger partial charge in [-0.2, -0.15) is 5.10 Å². The number of hydrogen-bond acceptors (Lipinski definition) is 2. The lowest BCUT2D eigenvalue weighted by molar-refractivity contribution is 0.477. The Morgan fingerprint density at radius 2 is 2.12 bits per heavy atom. The molecule has 1 aromatic rings. The first kappa shape index (κ1) is 12.0. The molecule has 1 aliphatic heterocycles. The lowest BCUT2D eigenvalue weighted by Crippen LogP contribution is -2.30. The van der Waals surface area contributed by atoms with Crippen molar-refractivity contribution in [1.82, 2.24) is 14.3 Å². The number of halogens is 3. The Morgan fingerprint density at radius 3 is 2.71 bits per heavy atom. The van der Waals surface area contributed by atoms with Gasteiger partial charge in [-0.25, -0.2) is 9.48 Å².